The van der Waals surface area contributed by atoms with E-state index >= 15 is 0 Å². The van der Waals surface area contributed by atoms with E-state index in [1.807, 2.05) is 12.1 Å². The molecule has 0 aliphatic carbocycles. The second-order valence-corrected chi connectivity index (χ2v) is 7.03. The van der Waals surface area contributed by atoms with E-state index in [4.69, 9.17) is 4.74 Å². The Bertz CT molecular complexity index is 1070. The lowest BCUT2D eigenvalue weighted by atomic mass is 10.1. The number of rotatable bonds is 2. The standard InChI is InChI=1S/C22H19F3N4O2/c23-22(24,25)16-12-19-20(28-13-16)27-8-3-11-29(14-15-6-9-26-10-7-15)21(30)17-4-1-2-5-18(17)31-19/h1-2,4-7,9-10,12-13H,3,8,11,14H2,(H,27,28). The summed E-state index contributed by atoms with van der Waals surface area (Å²) in [5.74, 6) is 0.00425. The van der Waals surface area contributed by atoms with Crippen LogP contribution < -0.4 is 10.1 Å². The molecule has 1 amide bonds. The molecule has 31 heavy (non-hydrogen) atoms. The molecule has 1 N–H and O–H groups in total. The van der Waals surface area contributed by atoms with Gasteiger partial charge < -0.3 is 15.0 Å². The van der Waals surface area contributed by atoms with Crippen molar-refractivity contribution in [1.82, 2.24) is 14.9 Å². The molecule has 3 aromatic rings. The van der Waals surface area contributed by atoms with Crippen molar-refractivity contribution in [2.45, 2.75) is 19.1 Å². The number of carbonyl (C=O) groups is 1. The quantitative estimate of drug-likeness (QED) is 0.638. The number of fused-ring (bicyclic) bond motifs is 2. The zero-order valence-electron chi connectivity index (χ0n) is 16.4. The molecule has 0 bridgehead atoms. The van der Waals surface area contributed by atoms with E-state index in [9.17, 15) is 18.0 Å². The van der Waals surface area contributed by atoms with Crippen LogP contribution in [0.5, 0.6) is 11.5 Å². The number of nitrogens with one attached hydrogen (secondary N) is 1. The molecule has 0 spiro atoms. The first-order valence-electron chi connectivity index (χ1n) is 9.68. The zero-order valence-corrected chi connectivity index (χ0v) is 16.4. The Morgan fingerprint density at radius 1 is 1.10 bits per heavy atom. The van der Waals surface area contributed by atoms with Crippen LogP contribution in [0.1, 0.15) is 27.9 Å². The molecule has 0 atom stereocenters. The number of para-hydroxylation sites is 1. The van der Waals surface area contributed by atoms with Gasteiger partial charge in [-0.2, -0.15) is 13.2 Å². The number of anilines is 1. The van der Waals surface area contributed by atoms with Crippen molar-refractivity contribution in [2.75, 3.05) is 18.4 Å². The predicted molar refractivity (Wildman–Crippen MR) is 108 cm³/mol. The number of benzene rings is 1. The molecule has 1 aromatic carbocycles. The molecule has 2 aromatic heterocycles. The normalized spacial score (nSPS) is 14.5. The highest BCUT2D eigenvalue weighted by molar-refractivity contribution is 5.97. The summed E-state index contributed by atoms with van der Waals surface area (Å²) in [5, 5.41) is 3.02. The van der Waals surface area contributed by atoms with Crippen LogP contribution in [0.3, 0.4) is 0 Å². The van der Waals surface area contributed by atoms with Crippen LogP contribution in [-0.4, -0.2) is 33.9 Å². The predicted octanol–water partition coefficient (Wildman–Crippen LogP) is 4.75. The van der Waals surface area contributed by atoms with Gasteiger partial charge in [-0.1, -0.05) is 12.1 Å². The second-order valence-electron chi connectivity index (χ2n) is 7.03. The maximum absolute atomic E-state index is 13.3. The van der Waals surface area contributed by atoms with Crippen molar-refractivity contribution >= 4 is 11.7 Å². The third kappa shape index (κ3) is 4.76. The van der Waals surface area contributed by atoms with E-state index < -0.39 is 11.7 Å². The van der Waals surface area contributed by atoms with Crippen LogP contribution in [0, 0.1) is 0 Å². The molecule has 0 saturated carbocycles. The average Bonchev–Trinajstić information content (AvgIpc) is 2.78. The van der Waals surface area contributed by atoms with Gasteiger partial charge in [-0.3, -0.25) is 9.78 Å². The number of pyridine rings is 2. The zero-order chi connectivity index (χ0) is 21.8. The lowest BCUT2D eigenvalue weighted by Gasteiger charge is -2.23. The van der Waals surface area contributed by atoms with Gasteiger partial charge in [-0.05, 0) is 42.3 Å². The molecule has 0 unspecified atom stereocenters. The van der Waals surface area contributed by atoms with Crippen LogP contribution in [0.4, 0.5) is 19.0 Å². The minimum Gasteiger partial charge on any atom is -0.453 e. The van der Waals surface area contributed by atoms with Gasteiger partial charge in [0, 0.05) is 38.2 Å². The average molecular weight is 428 g/mol. The molecule has 3 heterocycles. The Kier molecular flexibility index (Phi) is 5.75. The largest absolute Gasteiger partial charge is 0.453 e. The number of amides is 1. The Morgan fingerprint density at radius 3 is 2.65 bits per heavy atom. The van der Waals surface area contributed by atoms with Crippen molar-refractivity contribution in [2.24, 2.45) is 0 Å². The Labute approximate surface area is 176 Å². The van der Waals surface area contributed by atoms with Gasteiger partial charge in [0.05, 0.1) is 11.1 Å². The molecular formula is C22H19F3N4O2. The highest BCUT2D eigenvalue weighted by atomic mass is 19.4. The third-order valence-corrected chi connectivity index (χ3v) is 4.82. The number of hydrogen-bond acceptors (Lipinski definition) is 5. The van der Waals surface area contributed by atoms with Crippen molar-refractivity contribution in [3.05, 3.63) is 77.7 Å². The monoisotopic (exact) mass is 428 g/mol. The van der Waals surface area contributed by atoms with Crippen LogP contribution in [0.2, 0.25) is 0 Å². The lowest BCUT2D eigenvalue weighted by molar-refractivity contribution is -0.137. The molecule has 4 rings (SSSR count). The van der Waals surface area contributed by atoms with Gasteiger partial charge in [0.15, 0.2) is 11.6 Å². The van der Waals surface area contributed by atoms with E-state index in [0.29, 0.717) is 26.1 Å². The van der Waals surface area contributed by atoms with Crippen LogP contribution in [-0.2, 0) is 12.7 Å². The van der Waals surface area contributed by atoms with E-state index in [1.54, 1.807) is 41.6 Å². The highest BCUT2D eigenvalue weighted by Crippen LogP contribution is 2.37. The minimum absolute atomic E-state index is 0.0855. The number of alkyl halides is 3. The van der Waals surface area contributed by atoms with Crippen LogP contribution in [0.15, 0.2) is 61.1 Å². The molecule has 0 saturated heterocycles. The number of halogens is 3. The van der Waals surface area contributed by atoms with Gasteiger partial charge >= 0.3 is 6.18 Å². The number of aromatic nitrogens is 2. The maximum Gasteiger partial charge on any atom is 0.418 e. The number of hydrogen-bond donors (Lipinski definition) is 1. The Morgan fingerprint density at radius 2 is 1.87 bits per heavy atom. The summed E-state index contributed by atoms with van der Waals surface area (Å²) in [7, 11) is 0. The summed E-state index contributed by atoms with van der Waals surface area (Å²) in [6, 6.07) is 11.1. The summed E-state index contributed by atoms with van der Waals surface area (Å²) < 4.78 is 45.4. The third-order valence-electron chi connectivity index (χ3n) is 4.82. The molecule has 9 heteroatoms. The second kappa shape index (κ2) is 8.63. The van der Waals surface area contributed by atoms with E-state index in [2.05, 4.69) is 15.3 Å². The minimum atomic E-state index is -4.56. The van der Waals surface area contributed by atoms with Gasteiger partial charge in [-0.25, -0.2) is 4.98 Å². The number of nitrogens with zero attached hydrogens (tertiary/aromatic N) is 3. The first-order chi connectivity index (χ1) is 14.9. The Balaban J connectivity index is 1.72. The molecular weight excluding hydrogens is 409 g/mol. The van der Waals surface area contributed by atoms with Crippen LogP contribution in [0.25, 0.3) is 0 Å². The first kappa shape index (κ1) is 20.6. The van der Waals surface area contributed by atoms with Crippen LogP contribution >= 0.6 is 0 Å². The molecule has 0 radical (unpaired) electrons. The number of ether oxygens (including phenoxy) is 1. The summed E-state index contributed by atoms with van der Waals surface area (Å²) in [4.78, 5) is 22.9. The van der Waals surface area contributed by atoms with Gasteiger partial charge in [0.1, 0.15) is 5.75 Å². The SMILES string of the molecule is O=C1c2ccccc2Oc2cc(C(F)(F)F)cnc2NCCCN1Cc1ccncc1. The molecule has 6 nitrogen and oxygen atoms in total. The Hall–Kier alpha value is -3.62. The van der Waals surface area contributed by atoms with Crippen molar-refractivity contribution in [3.8, 4) is 11.5 Å². The molecule has 1 aliphatic rings. The van der Waals surface area contributed by atoms with Crippen molar-refractivity contribution < 1.29 is 22.7 Å². The van der Waals surface area contributed by atoms with E-state index in [1.165, 1.54) is 0 Å². The summed E-state index contributed by atoms with van der Waals surface area (Å²) in [6.45, 7) is 1.22. The summed E-state index contributed by atoms with van der Waals surface area (Å²) in [5.41, 5.74) is 0.261. The van der Waals surface area contributed by atoms with E-state index in [0.717, 1.165) is 17.8 Å². The van der Waals surface area contributed by atoms with Crippen molar-refractivity contribution in [3.63, 3.8) is 0 Å². The summed E-state index contributed by atoms with van der Waals surface area (Å²) in [6.07, 6.45) is 0.0909. The smallest absolute Gasteiger partial charge is 0.418 e. The lowest BCUT2D eigenvalue weighted by Crippen LogP contribution is -2.32. The summed E-state index contributed by atoms with van der Waals surface area (Å²) >= 11 is 0. The molecule has 1 aliphatic heterocycles. The fourth-order valence-corrected chi connectivity index (χ4v) is 3.27. The molecule has 0 fully saturated rings. The van der Waals surface area contributed by atoms with Gasteiger partial charge in [-0.15, -0.1) is 0 Å². The first-order valence-corrected chi connectivity index (χ1v) is 9.68. The fraction of sp³-hybridized carbons (Fsp3) is 0.227. The molecule has 160 valence electrons. The maximum atomic E-state index is 13.3. The highest BCUT2D eigenvalue weighted by Gasteiger charge is 2.32. The van der Waals surface area contributed by atoms with Gasteiger partial charge in [0.25, 0.3) is 5.91 Å². The fourth-order valence-electron chi connectivity index (χ4n) is 3.27. The van der Waals surface area contributed by atoms with Crippen molar-refractivity contribution in [1.29, 1.82) is 0 Å². The number of carbonyl (C=O) groups excluding carboxylic acids is 1. The van der Waals surface area contributed by atoms with E-state index in [-0.39, 0.29) is 28.8 Å². The van der Waals surface area contributed by atoms with Gasteiger partial charge in [0.2, 0.25) is 0 Å². The topological polar surface area (TPSA) is 67.3 Å².